The van der Waals surface area contributed by atoms with Crippen molar-refractivity contribution in [3.63, 3.8) is 0 Å². The van der Waals surface area contributed by atoms with Gasteiger partial charge in [-0.2, -0.15) is 0 Å². The van der Waals surface area contributed by atoms with Crippen LogP contribution in [0.5, 0.6) is 0 Å². The third-order valence-corrected chi connectivity index (χ3v) is 3.02. The largest absolute Gasteiger partial charge is 0.354 e. The molecule has 1 unspecified atom stereocenters. The third kappa shape index (κ3) is 2.04. The van der Waals surface area contributed by atoms with Crippen LogP contribution in [0.3, 0.4) is 0 Å². The quantitative estimate of drug-likeness (QED) is 0.845. The van der Waals surface area contributed by atoms with Gasteiger partial charge in [0.15, 0.2) is 0 Å². The van der Waals surface area contributed by atoms with Crippen LogP contribution in [0.1, 0.15) is 28.9 Å². The summed E-state index contributed by atoms with van der Waals surface area (Å²) in [5.74, 6) is -0.0129. The van der Waals surface area contributed by atoms with E-state index >= 15 is 0 Å². The SMILES string of the molecule is CNC(=O)c1ncnc2c(C(C)CN)cccc12. The van der Waals surface area contributed by atoms with E-state index in [4.69, 9.17) is 5.73 Å². The zero-order valence-corrected chi connectivity index (χ0v) is 10.5. The van der Waals surface area contributed by atoms with E-state index in [0.29, 0.717) is 12.2 Å². The number of hydrogen-bond acceptors (Lipinski definition) is 4. The second-order valence-corrected chi connectivity index (χ2v) is 4.18. The van der Waals surface area contributed by atoms with Gasteiger partial charge in [0.1, 0.15) is 12.0 Å². The van der Waals surface area contributed by atoms with Gasteiger partial charge in [0.05, 0.1) is 5.52 Å². The van der Waals surface area contributed by atoms with Crippen molar-refractivity contribution in [1.29, 1.82) is 0 Å². The molecule has 0 radical (unpaired) electrons. The van der Waals surface area contributed by atoms with E-state index in [-0.39, 0.29) is 11.8 Å². The molecule has 2 aromatic rings. The van der Waals surface area contributed by atoms with Crippen molar-refractivity contribution in [3.05, 3.63) is 35.8 Å². The highest BCUT2D eigenvalue weighted by Crippen LogP contribution is 2.24. The maximum absolute atomic E-state index is 11.8. The number of benzene rings is 1. The zero-order valence-electron chi connectivity index (χ0n) is 10.5. The zero-order chi connectivity index (χ0) is 13.1. The van der Waals surface area contributed by atoms with Crippen LogP contribution >= 0.6 is 0 Å². The van der Waals surface area contributed by atoms with Gasteiger partial charge in [-0.05, 0) is 18.0 Å². The number of fused-ring (bicyclic) bond motifs is 1. The molecule has 0 saturated heterocycles. The predicted octanol–water partition coefficient (Wildman–Crippen LogP) is 1.05. The maximum atomic E-state index is 11.8. The first-order valence-corrected chi connectivity index (χ1v) is 5.84. The standard InChI is InChI=1S/C13H16N4O/c1-8(6-14)9-4-3-5-10-11(9)16-7-17-12(10)13(18)15-2/h3-5,7-8H,6,14H2,1-2H3,(H,15,18). The molecule has 0 aliphatic carbocycles. The summed E-state index contributed by atoms with van der Waals surface area (Å²) in [5, 5.41) is 3.34. The van der Waals surface area contributed by atoms with Crippen molar-refractivity contribution in [1.82, 2.24) is 15.3 Å². The number of aromatic nitrogens is 2. The number of nitrogens with two attached hydrogens (primary N) is 1. The first-order chi connectivity index (χ1) is 8.69. The van der Waals surface area contributed by atoms with Crippen LogP contribution < -0.4 is 11.1 Å². The summed E-state index contributed by atoms with van der Waals surface area (Å²) in [7, 11) is 1.59. The Hall–Kier alpha value is -2.01. The molecule has 3 N–H and O–H groups in total. The van der Waals surface area contributed by atoms with Crippen molar-refractivity contribution in [2.45, 2.75) is 12.8 Å². The Morgan fingerprint density at radius 2 is 2.22 bits per heavy atom. The Bertz CT molecular complexity index is 582. The summed E-state index contributed by atoms with van der Waals surface area (Å²) < 4.78 is 0. The smallest absolute Gasteiger partial charge is 0.270 e. The first-order valence-electron chi connectivity index (χ1n) is 5.84. The van der Waals surface area contributed by atoms with Gasteiger partial charge in [0, 0.05) is 12.4 Å². The Morgan fingerprint density at radius 3 is 2.89 bits per heavy atom. The number of hydrogen-bond donors (Lipinski definition) is 2. The molecule has 1 heterocycles. The van der Waals surface area contributed by atoms with Crippen LogP contribution in [0.2, 0.25) is 0 Å². The molecule has 5 nitrogen and oxygen atoms in total. The Kier molecular flexibility index (Phi) is 3.53. The van der Waals surface area contributed by atoms with Crippen LogP contribution in [-0.2, 0) is 0 Å². The van der Waals surface area contributed by atoms with Crippen molar-refractivity contribution < 1.29 is 4.79 Å². The van der Waals surface area contributed by atoms with Crippen molar-refractivity contribution in [3.8, 4) is 0 Å². The summed E-state index contributed by atoms with van der Waals surface area (Å²) in [6.07, 6.45) is 1.42. The molecule has 1 atom stereocenters. The highest BCUT2D eigenvalue weighted by Gasteiger charge is 2.14. The average Bonchev–Trinajstić information content (AvgIpc) is 2.44. The molecule has 18 heavy (non-hydrogen) atoms. The number of amides is 1. The van der Waals surface area contributed by atoms with Crippen molar-refractivity contribution >= 4 is 16.8 Å². The van der Waals surface area contributed by atoms with Gasteiger partial charge >= 0.3 is 0 Å². The minimum absolute atomic E-state index is 0.195. The number of carbonyl (C=O) groups excluding carboxylic acids is 1. The van der Waals surface area contributed by atoms with E-state index in [9.17, 15) is 4.79 Å². The van der Waals surface area contributed by atoms with Crippen LogP contribution in [0.15, 0.2) is 24.5 Å². The lowest BCUT2D eigenvalue weighted by atomic mass is 9.97. The lowest BCUT2D eigenvalue weighted by molar-refractivity contribution is 0.0960. The second kappa shape index (κ2) is 5.10. The monoisotopic (exact) mass is 244 g/mol. The topological polar surface area (TPSA) is 80.9 Å². The van der Waals surface area contributed by atoms with Crippen LogP contribution in [0.4, 0.5) is 0 Å². The number of rotatable bonds is 3. The molecule has 0 bridgehead atoms. The molecule has 94 valence electrons. The molecule has 1 aromatic carbocycles. The molecule has 0 fully saturated rings. The van der Waals surface area contributed by atoms with Gasteiger partial charge in [0.2, 0.25) is 0 Å². The number of nitrogens with one attached hydrogen (secondary N) is 1. The molecular formula is C13H16N4O. The van der Waals surface area contributed by atoms with Gasteiger partial charge in [0.25, 0.3) is 5.91 Å². The molecule has 1 amide bonds. The Morgan fingerprint density at radius 1 is 1.44 bits per heavy atom. The van der Waals surface area contributed by atoms with E-state index in [1.165, 1.54) is 6.33 Å². The third-order valence-electron chi connectivity index (χ3n) is 3.02. The van der Waals surface area contributed by atoms with E-state index in [1.807, 2.05) is 25.1 Å². The highest BCUT2D eigenvalue weighted by atomic mass is 16.1. The van der Waals surface area contributed by atoms with E-state index < -0.39 is 0 Å². The predicted molar refractivity (Wildman–Crippen MR) is 70.4 cm³/mol. The number of carbonyl (C=O) groups is 1. The normalized spacial score (nSPS) is 12.4. The Labute approximate surface area is 105 Å². The fourth-order valence-electron chi connectivity index (χ4n) is 1.93. The fraction of sp³-hybridized carbons (Fsp3) is 0.308. The van der Waals surface area contributed by atoms with Crippen LogP contribution in [-0.4, -0.2) is 29.5 Å². The lowest BCUT2D eigenvalue weighted by Crippen LogP contribution is -2.20. The molecular weight excluding hydrogens is 228 g/mol. The van der Waals surface area contributed by atoms with Gasteiger partial charge in [-0.25, -0.2) is 9.97 Å². The molecule has 1 aromatic heterocycles. The summed E-state index contributed by atoms with van der Waals surface area (Å²) in [6, 6.07) is 5.74. The minimum Gasteiger partial charge on any atom is -0.354 e. The maximum Gasteiger partial charge on any atom is 0.270 e. The minimum atomic E-state index is -0.208. The number of para-hydroxylation sites is 1. The molecule has 5 heteroatoms. The average molecular weight is 244 g/mol. The van der Waals surface area contributed by atoms with Gasteiger partial charge in [-0.1, -0.05) is 25.1 Å². The fourth-order valence-corrected chi connectivity index (χ4v) is 1.93. The second-order valence-electron chi connectivity index (χ2n) is 4.18. The van der Waals surface area contributed by atoms with Crippen molar-refractivity contribution in [2.24, 2.45) is 5.73 Å². The van der Waals surface area contributed by atoms with Crippen molar-refractivity contribution in [2.75, 3.05) is 13.6 Å². The molecule has 0 aliphatic heterocycles. The molecule has 0 spiro atoms. The van der Waals surface area contributed by atoms with E-state index in [1.54, 1.807) is 7.05 Å². The molecule has 2 rings (SSSR count). The summed E-state index contributed by atoms with van der Waals surface area (Å²) in [6.45, 7) is 2.58. The summed E-state index contributed by atoms with van der Waals surface area (Å²) in [5.41, 5.74) is 7.93. The van der Waals surface area contributed by atoms with Crippen LogP contribution in [0.25, 0.3) is 10.9 Å². The highest BCUT2D eigenvalue weighted by molar-refractivity contribution is 6.04. The van der Waals surface area contributed by atoms with E-state index in [2.05, 4.69) is 15.3 Å². The van der Waals surface area contributed by atoms with Gasteiger partial charge in [-0.15, -0.1) is 0 Å². The molecule has 0 saturated carbocycles. The summed E-state index contributed by atoms with van der Waals surface area (Å²) >= 11 is 0. The van der Waals surface area contributed by atoms with Gasteiger partial charge in [-0.3, -0.25) is 4.79 Å². The van der Waals surface area contributed by atoms with E-state index in [0.717, 1.165) is 16.5 Å². The first kappa shape index (κ1) is 12.4. The lowest BCUT2D eigenvalue weighted by Gasteiger charge is -2.12. The Balaban J connectivity index is 2.69. The number of nitrogens with zero attached hydrogens (tertiary/aromatic N) is 2. The molecule has 0 aliphatic rings. The van der Waals surface area contributed by atoms with Crippen LogP contribution in [0, 0.1) is 0 Å². The summed E-state index contributed by atoms with van der Waals surface area (Å²) in [4.78, 5) is 20.1. The van der Waals surface area contributed by atoms with Gasteiger partial charge < -0.3 is 11.1 Å².